The van der Waals surface area contributed by atoms with Crippen LogP contribution in [0.5, 0.6) is 0 Å². The Hall–Kier alpha value is -0.980. The summed E-state index contributed by atoms with van der Waals surface area (Å²) in [5.74, 6) is -0.555. The Balaban J connectivity index is 2.71. The number of sulfonamides is 1. The second kappa shape index (κ2) is 5.38. The minimum Gasteiger partial charge on any atom is -0.339 e. The molecule has 1 rings (SSSR count). The number of nitrogens with one attached hydrogen (secondary N) is 2. The predicted molar refractivity (Wildman–Crippen MR) is 59.3 cm³/mol. The van der Waals surface area contributed by atoms with Gasteiger partial charge in [0.05, 0.1) is 32.1 Å². The second-order valence-electron chi connectivity index (χ2n) is 3.81. The van der Waals surface area contributed by atoms with Crippen molar-refractivity contribution < 1.29 is 17.7 Å². The van der Waals surface area contributed by atoms with Gasteiger partial charge in [-0.1, -0.05) is 6.07 Å². The maximum absolute atomic E-state index is 12.9. The van der Waals surface area contributed by atoms with Gasteiger partial charge < -0.3 is 4.90 Å². The van der Waals surface area contributed by atoms with Crippen LogP contribution < -0.4 is 9.62 Å². The highest BCUT2D eigenvalue weighted by Gasteiger charge is 2.14. The molecule has 6 heteroatoms. The summed E-state index contributed by atoms with van der Waals surface area (Å²) in [6, 6.07) is 4.96. The molecule has 0 aliphatic rings. The van der Waals surface area contributed by atoms with Gasteiger partial charge in [-0.25, -0.2) is 17.5 Å². The van der Waals surface area contributed by atoms with E-state index in [-0.39, 0.29) is 4.90 Å². The molecule has 16 heavy (non-hydrogen) atoms. The van der Waals surface area contributed by atoms with Gasteiger partial charge in [-0.05, 0) is 18.2 Å². The van der Waals surface area contributed by atoms with Crippen LogP contribution in [0.1, 0.15) is 0 Å². The molecule has 0 radical (unpaired) electrons. The van der Waals surface area contributed by atoms with Crippen molar-refractivity contribution in [2.45, 2.75) is 4.90 Å². The van der Waals surface area contributed by atoms with E-state index < -0.39 is 15.8 Å². The maximum Gasteiger partial charge on any atom is 0.240 e. The molecule has 0 fully saturated rings. The van der Waals surface area contributed by atoms with E-state index >= 15 is 0 Å². The van der Waals surface area contributed by atoms with E-state index in [4.69, 9.17) is 0 Å². The summed E-state index contributed by atoms with van der Waals surface area (Å²) in [4.78, 5) is 1.10. The summed E-state index contributed by atoms with van der Waals surface area (Å²) < 4.78 is 38.6. The molecule has 0 saturated heterocycles. The fraction of sp³-hybridized carbons (Fsp3) is 0.400. The zero-order valence-electron chi connectivity index (χ0n) is 9.33. The summed E-state index contributed by atoms with van der Waals surface area (Å²) in [6.07, 6.45) is 0. The standard InChI is InChI=1S/C10H15FN2O2S/c1-13(2)7-6-12-16(14,15)10-5-3-4-9(11)8-10/h3-5,8,12H,6-7H2,1-2H3/p+1. The minimum absolute atomic E-state index is 0.0405. The van der Waals surface area contributed by atoms with Crippen molar-refractivity contribution in [3.05, 3.63) is 30.1 Å². The lowest BCUT2D eigenvalue weighted by atomic mass is 10.4. The number of quaternary nitrogens is 1. The van der Waals surface area contributed by atoms with E-state index in [0.29, 0.717) is 13.1 Å². The highest BCUT2D eigenvalue weighted by Crippen LogP contribution is 2.09. The van der Waals surface area contributed by atoms with Crippen LogP contribution >= 0.6 is 0 Å². The monoisotopic (exact) mass is 247 g/mol. The Bertz CT molecular complexity index is 446. The zero-order chi connectivity index (χ0) is 12.2. The fourth-order valence-corrected chi connectivity index (χ4v) is 2.22. The molecule has 0 aliphatic heterocycles. The van der Waals surface area contributed by atoms with Crippen LogP contribution in [-0.2, 0) is 10.0 Å². The number of halogens is 1. The lowest BCUT2D eigenvalue weighted by Gasteiger charge is -2.09. The zero-order valence-corrected chi connectivity index (χ0v) is 10.1. The second-order valence-corrected chi connectivity index (χ2v) is 5.58. The Morgan fingerprint density at radius 2 is 2.06 bits per heavy atom. The van der Waals surface area contributed by atoms with Crippen LogP contribution in [0.4, 0.5) is 4.39 Å². The summed E-state index contributed by atoms with van der Waals surface area (Å²) >= 11 is 0. The molecule has 0 saturated carbocycles. The molecule has 0 unspecified atom stereocenters. The quantitative estimate of drug-likeness (QED) is 0.719. The van der Waals surface area contributed by atoms with Crippen LogP contribution in [0, 0.1) is 5.82 Å². The predicted octanol–water partition coefficient (Wildman–Crippen LogP) is -0.751. The highest BCUT2D eigenvalue weighted by molar-refractivity contribution is 7.89. The Morgan fingerprint density at radius 1 is 1.38 bits per heavy atom. The fourth-order valence-electron chi connectivity index (χ4n) is 1.15. The largest absolute Gasteiger partial charge is 0.339 e. The van der Waals surface area contributed by atoms with Crippen LogP contribution in [0.25, 0.3) is 0 Å². The normalized spacial score (nSPS) is 12.0. The van der Waals surface area contributed by atoms with E-state index in [9.17, 15) is 12.8 Å². The van der Waals surface area contributed by atoms with Crippen LogP contribution in [0.2, 0.25) is 0 Å². The van der Waals surface area contributed by atoms with Crippen molar-refractivity contribution in [1.82, 2.24) is 4.72 Å². The van der Waals surface area contributed by atoms with Gasteiger partial charge in [0.1, 0.15) is 5.82 Å². The molecule has 0 aliphatic carbocycles. The number of likely N-dealkylation sites (N-methyl/N-ethyl adjacent to an activating group) is 1. The Kier molecular flexibility index (Phi) is 4.40. The van der Waals surface area contributed by atoms with E-state index in [2.05, 4.69) is 4.72 Å². The summed E-state index contributed by atoms with van der Waals surface area (Å²) in [5.41, 5.74) is 0. The molecule has 1 aromatic rings. The lowest BCUT2D eigenvalue weighted by Crippen LogP contribution is -3.06. The molecule has 1 aromatic carbocycles. The van der Waals surface area contributed by atoms with Gasteiger partial charge in [-0.3, -0.25) is 0 Å². The average molecular weight is 247 g/mol. The third-order valence-corrected chi connectivity index (χ3v) is 3.48. The molecule has 0 amide bonds. The van der Waals surface area contributed by atoms with E-state index in [1.54, 1.807) is 0 Å². The van der Waals surface area contributed by atoms with Crippen molar-refractivity contribution in [2.24, 2.45) is 0 Å². The summed E-state index contributed by atoms with van der Waals surface area (Å²) in [6.45, 7) is 1.01. The van der Waals surface area contributed by atoms with Crippen molar-refractivity contribution in [1.29, 1.82) is 0 Å². The van der Waals surface area contributed by atoms with Crippen molar-refractivity contribution >= 4 is 10.0 Å². The number of hydrogen-bond donors (Lipinski definition) is 2. The number of rotatable bonds is 5. The molecule has 0 atom stereocenters. The molecule has 0 spiro atoms. The van der Waals surface area contributed by atoms with E-state index in [1.165, 1.54) is 18.2 Å². The van der Waals surface area contributed by atoms with Gasteiger partial charge >= 0.3 is 0 Å². The molecular formula is C10H16FN2O2S+. The van der Waals surface area contributed by atoms with Gasteiger partial charge in [0.25, 0.3) is 0 Å². The first-order valence-corrected chi connectivity index (χ1v) is 6.44. The molecular weight excluding hydrogens is 231 g/mol. The van der Waals surface area contributed by atoms with Gasteiger partial charge in [-0.15, -0.1) is 0 Å². The van der Waals surface area contributed by atoms with Crippen molar-refractivity contribution in [3.8, 4) is 0 Å². The summed E-state index contributed by atoms with van der Waals surface area (Å²) in [5, 5.41) is 0. The minimum atomic E-state index is -3.58. The average Bonchev–Trinajstić information content (AvgIpc) is 2.16. The third-order valence-electron chi connectivity index (χ3n) is 2.02. The molecule has 4 nitrogen and oxygen atoms in total. The molecule has 0 bridgehead atoms. The van der Waals surface area contributed by atoms with Crippen LogP contribution in [-0.4, -0.2) is 35.6 Å². The Morgan fingerprint density at radius 3 is 2.62 bits per heavy atom. The first kappa shape index (κ1) is 13.1. The highest BCUT2D eigenvalue weighted by atomic mass is 32.2. The Labute approximate surface area is 95.1 Å². The van der Waals surface area contributed by atoms with Gasteiger partial charge in [0.15, 0.2) is 0 Å². The van der Waals surface area contributed by atoms with E-state index in [0.717, 1.165) is 11.0 Å². The third kappa shape index (κ3) is 3.88. The topological polar surface area (TPSA) is 50.6 Å². The van der Waals surface area contributed by atoms with Crippen molar-refractivity contribution in [2.75, 3.05) is 27.2 Å². The van der Waals surface area contributed by atoms with Crippen molar-refractivity contribution in [3.63, 3.8) is 0 Å². The van der Waals surface area contributed by atoms with Gasteiger partial charge in [0.2, 0.25) is 10.0 Å². The SMILES string of the molecule is C[NH+](C)CCNS(=O)(=O)c1cccc(F)c1. The van der Waals surface area contributed by atoms with Crippen LogP contribution in [0.15, 0.2) is 29.2 Å². The van der Waals surface area contributed by atoms with Crippen LogP contribution in [0.3, 0.4) is 0 Å². The molecule has 2 N–H and O–H groups in total. The van der Waals surface area contributed by atoms with Gasteiger partial charge in [-0.2, -0.15) is 0 Å². The smallest absolute Gasteiger partial charge is 0.240 e. The number of hydrogen-bond acceptors (Lipinski definition) is 2. The first-order valence-electron chi connectivity index (χ1n) is 4.96. The summed E-state index contributed by atoms with van der Waals surface area (Å²) in [7, 11) is 0.272. The maximum atomic E-state index is 12.9. The number of benzene rings is 1. The van der Waals surface area contributed by atoms with E-state index in [1.807, 2.05) is 14.1 Å². The van der Waals surface area contributed by atoms with Gasteiger partial charge in [0, 0.05) is 0 Å². The molecule has 0 heterocycles. The molecule has 0 aromatic heterocycles. The molecule has 90 valence electrons. The first-order chi connectivity index (χ1) is 7.42. The lowest BCUT2D eigenvalue weighted by molar-refractivity contribution is -0.856.